The first kappa shape index (κ1) is 9.74. The molecule has 0 aromatic heterocycles. The third-order valence-electron chi connectivity index (χ3n) is 2.06. The minimum atomic E-state index is 0.326. The van der Waals surface area contributed by atoms with Gasteiger partial charge in [0.2, 0.25) is 0 Å². The van der Waals surface area contributed by atoms with E-state index in [2.05, 4.69) is 29.9 Å². The van der Waals surface area contributed by atoms with Crippen LogP contribution in [0.1, 0.15) is 0 Å². The van der Waals surface area contributed by atoms with E-state index in [-0.39, 0.29) is 0 Å². The van der Waals surface area contributed by atoms with Crippen LogP contribution in [-0.2, 0) is 4.74 Å². The Kier molecular flexibility index (Phi) is 3.75. The molecule has 70 valence electrons. The van der Waals surface area contributed by atoms with Gasteiger partial charge in [0.1, 0.15) is 6.26 Å². The van der Waals surface area contributed by atoms with E-state index >= 15 is 0 Å². The van der Waals surface area contributed by atoms with Gasteiger partial charge in [-0.2, -0.15) is 12.6 Å². The second-order valence-corrected chi connectivity index (χ2v) is 3.25. The van der Waals surface area contributed by atoms with Gasteiger partial charge in [-0.15, -0.1) is 0 Å². The zero-order valence-electron chi connectivity index (χ0n) is 7.58. The summed E-state index contributed by atoms with van der Waals surface area (Å²) in [5, 5.41) is 3.37. The molecule has 1 saturated heterocycles. The first-order chi connectivity index (χ1) is 5.79. The van der Waals surface area contributed by atoms with Gasteiger partial charge in [-0.05, 0) is 0 Å². The molecule has 1 aliphatic rings. The highest BCUT2D eigenvalue weighted by molar-refractivity contribution is 7.80. The maximum atomic E-state index is 5.01. The van der Waals surface area contributed by atoms with E-state index in [9.17, 15) is 0 Å². The van der Waals surface area contributed by atoms with Crippen LogP contribution in [0.15, 0.2) is 12.0 Å². The molecule has 1 rings (SSSR count). The van der Waals surface area contributed by atoms with Crippen LogP contribution in [0.5, 0.6) is 0 Å². The largest absolute Gasteiger partial charge is 0.502 e. The highest BCUT2D eigenvalue weighted by Crippen LogP contribution is 2.12. The van der Waals surface area contributed by atoms with Gasteiger partial charge in [0.15, 0.2) is 0 Å². The SMILES string of the molecule is COC=C1C(CS)NCCN1C. The highest BCUT2D eigenvalue weighted by atomic mass is 32.1. The van der Waals surface area contributed by atoms with Gasteiger partial charge >= 0.3 is 0 Å². The number of rotatable bonds is 2. The Balaban J connectivity index is 2.66. The summed E-state index contributed by atoms with van der Waals surface area (Å²) in [4.78, 5) is 2.20. The van der Waals surface area contributed by atoms with Crippen molar-refractivity contribution in [3.05, 3.63) is 12.0 Å². The van der Waals surface area contributed by atoms with E-state index < -0.39 is 0 Å². The molecule has 0 bridgehead atoms. The average molecular weight is 188 g/mol. The predicted octanol–water partition coefficient (Wildman–Crippen LogP) is 0.308. The molecule has 0 saturated carbocycles. The van der Waals surface area contributed by atoms with Crippen molar-refractivity contribution in [3.8, 4) is 0 Å². The lowest BCUT2D eigenvalue weighted by Gasteiger charge is -2.34. The Morgan fingerprint density at radius 3 is 3.17 bits per heavy atom. The molecule has 1 N–H and O–H groups in total. The van der Waals surface area contributed by atoms with Crippen LogP contribution in [0.2, 0.25) is 0 Å². The summed E-state index contributed by atoms with van der Waals surface area (Å²) in [5.74, 6) is 0.805. The minimum absolute atomic E-state index is 0.326. The molecule has 0 amide bonds. The Labute approximate surface area is 79.2 Å². The van der Waals surface area contributed by atoms with Crippen LogP contribution in [-0.4, -0.2) is 43.9 Å². The summed E-state index contributed by atoms with van der Waals surface area (Å²) in [5.41, 5.74) is 1.18. The van der Waals surface area contributed by atoms with Crippen LogP contribution in [0.25, 0.3) is 0 Å². The van der Waals surface area contributed by atoms with Crippen molar-refractivity contribution in [1.82, 2.24) is 10.2 Å². The standard InChI is InChI=1S/C8H16N2OS/c1-10-4-3-9-7(6-12)8(10)5-11-2/h5,7,9,12H,3-4,6H2,1-2H3. The van der Waals surface area contributed by atoms with E-state index in [1.165, 1.54) is 5.70 Å². The van der Waals surface area contributed by atoms with Gasteiger partial charge in [0.25, 0.3) is 0 Å². The fourth-order valence-corrected chi connectivity index (χ4v) is 1.67. The van der Waals surface area contributed by atoms with Crippen molar-refractivity contribution in [2.75, 3.05) is 33.0 Å². The predicted molar refractivity (Wildman–Crippen MR) is 53.4 cm³/mol. The molecule has 1 unspecified atom stereocenters. The second-order valence-electron chi connectivity index (χ2n) is 2.89. The van der Waals surface area contributed by atoms with Gasteiger partial charge in [0, 0.05) is 25.9 Å². The molecule has 0 radical (unpaired) electrons. The van der Waals surface area contributed by atoms with E-state index in [0.717, 1.165) is 18.8 Å². The zero-order valence-corrected chi connectivity index (χ0v) is 8.47. The Morgan fingerprint density at radius 2 is 2.58 bits per heavy atom. The molecular formula is C8H16N2OS. The number of likely N-dealkylation sites (N-methyl/N-ethyl adjacent to an activating group) is 1. The van der Waals surface area contributed by atoms with E-state index in [0.29, 0.717) is 6.04 Å². The van der Waals surface area contributed by atoms with Crippen molar-refractivity contribution in [3.63, 3.8) is 0 Å². The summed E-state index contributed by atoms with van der Waals surface area (Å²) in [6.07, 6.45) is 1.78. The van der Waals surface area contributed by atoms with Crippen molar-refractivity contribution in [2.45, 2.75) is 6.04 Å². The molecule has 1 aliphatic heterocycles. The molecule has 12 heavy (non-hydrogen) atoms. The lowest BCUT2D eigenvalue weighted by Crippen LogP contribution is -2.48. The Hall–Kier alpha value is -0.350. The third-order valence-corrected chi connectivity index (χ3v) is 2.42. The molecule has 0 aliphatic carbocycles. The van der Waals surface area contributed by atoms with Crippen LogP contribution >= 0.6 is 12.6 Å². The zero-order chi connectivity index (χ0) is 8.97. The summed E-state index contributed by atoms with van der Waals surface area (Å²) < 4.78 is 5.01. The average Bonchev–Trinajstić information content (AvgIpc) is 2.09. The molecule has 0 aromatic rings. The van der Waals surface area contributed by atoms with Crippen LogP contribution in [0.3, 0.4) is 0 Å². The Bertz CT molecular complexity index is 172. The summed E-state index contributed by atoms with van der Waals surface area (Å²) in [7, 11) is 3.74. The fraction of sp³-hybridized carbons (Fsp3) is 0.750. The molecule has 0 spiro atoms. The number of ether oxygens (including phenoxy) is 1. The lowest BCUT2D eigenvalue weighted by molar-refractivity contribution is 0.271. The van der Waals surface area contributed by atoms with Gasteiger partial charge in [0.05, 0.1) is 18.8 Å². The van der Waals surface area contributed by atoms with E-state index in [1.807, 2.05) is 0 Å². The van der Waals surface area contributed by atoms with Crippen LogP contribution in [0.4, 0.5) is 0 Å². The number of nitrogens with zero attached hydrogens (tertiary/aromatic N) is 1. The number of nitrogens with one attached hydrogen (secondary N) is 1. The van der Waals surface area contributed by atoms with Gasteiger partial charge < -0.3 is 15.0 Å². The summed E-state index contributed by atoms with van der Waals surface area (Å²) in [6.45, 7) is 2.04. The first-order valence-electron chi connectivity index (χ1n) is 4.08. The van der Waals surface area contributed by atoms with Gasteiger partial charge in [-0.25, -0.2) is 0 Å². The number of methoxy groups -OCH3 is 1. The van der Waals surface area contributed by atoms with Crippen molar-refractivity contribution in [1.29, 1.82) is 0 Å². The fourth-order valence-electron chi connectivity index (χ4n) is 1.36. The van der Waals surface area contributed by atoms with E-state index in [1.54, 1.807) is 13.4 Å². The monoisotopic (exact) mass is 188 g/mol. The minimum Gasteiger partial charge on any atom is -0.502 e. The van der Waals surface area contributed by atoms with Crippen molar-refractivity contribution < 1.29 is 4.74 Å². The van der Waals surface area contributed by atoms with Crippen LogP contribution in [0, 0.1) is 0 Å². The lowest BCUT2D eigenvalue weighted by atomic mass is 10.2. The maximum Gasteiger partial charge on any atom is 0.103 e. The molecule has 1 heterocycles. The third kappa shape index (κ3) is 2.08. The maximum absolute atomic E-state index is 5.01. The number of hydrogen-bond donors (Lipinski definition) is 2. The molecule has 3 nitrogen and oxygen atoms in total. The summed E-state index contributed by atoms with van der Waals surface area (Å²) >= 11 is 4.27. The van der Waals surface area contributed by atoms with Gasteiger partial charge in [-0.1, -0.05) is 0 Å². The first-order valence-corrected chi connectivity index (χ1v) is 4.71. The highest BCUT2D eigenvalue weighted by Gasteiger charge is 2.20. The van der Waals surface area contributed by atoms with E-state index in [4.69, 9.17) is 4.74 Å². The smallest absolute Gasteiger partial charge is 0.103 e. The molecule has 1 atom stereocenters. The van der Waals surface area contributed by atoms with Crippen molar-refractivity contribution >= 4 is 12.6 Å². The number of piperazine rings is 1. The Morgan fingerprint density at radius 1 is 1.83 bits per heavy atom. The van der Waals surface area contributed by atoms with Crippen molar-refractivity contribution in [2.24, 2.45) is 0 Å². The quantitative estimate of drug-likeness (QED) is 0.482. The number of hydrogen-bond acceptors (Lipinski definition) is 4. The second kappa shape index (κ2) is 4.62. The molecule has 1 fully saturated rings. The molecule has 4 heteroatoms. The molecular weight excluding hydrogens is 172 g/mol. The molecule has 0 aromatic carbocycles. The topological polar surface area (TPSA) is 24.5 Å². The normalized spacial score (nSPS) is 27.8. The number of thiol groups is 1. The van der Waals surface area contributed by atoms with Gasteiger partial charge in [-0.3, -0.25) is 0 Å². The summed E-state index contributed by atoms with van der Waals surface area (Å²) in [6, 6.07) is 0.326. The van der Waals surface area contributed by atoms with Crippen LogP contribution < -0.4 is 5.32 Å².